The van der Waals surface area contributed by atoms with Crippen LogP contribution in [0.5, 0.6) is 0 Å². The van der Waals surface area contributed by atoms with Gasteiger partial charge in [-0.05, 0) is 55.7 Å². The van der Waals surface area contributed by atoms with Gasteiger partial charge < -0.3 is 0 Å². The van der Waals surface area contributed by atoms with Crippen LogP contribution in [-0.2, 0) is 0 Å². The van der Waals surface area contributed by atoms with Crippen molar-refractivity contribution in [2.75, 3.05) is 0 Å². The fourth-order valence-corrected chi connectivity index (χ4v) is 4.15. The summed E-state index contributed by atoms with van der Waals surface area (Å²) in [7, 11) is 0. The van der Waals surface area contributed by atoms with Crippen LogP contribution in [0.3, 0.4) is 0 Å². The monoisotopic (exact) mass is 328 g/mol. The molecule has 1 unspecified atom stereocenters. The number of rotatable bonds is 2. The Bertz CT molecular complexity index is 525. The Balaban J connectivity index is 2.43. The number of aryl methyl sites for hydroxylation is 3. The van der Waals surface area contributed by atoms with Gasteiger partial charge in [-0.25, -0.2) is 0 Å². The Morgan fingerprint density at radius 3 is 2.35 bits per heavy atom. The summed E-state index contributed by atoms with van der Waals surface area (Å²) in [5.74, 6) is 0. The van der Waals surface area contributed by atoms with Gasteiger partial charge in [0.2, 0.25) is 0 Å². The van der Waals surface area contributed by atoms with Crippen molar-refractivity contribution in [2.24, 2.45) is 0 Å². The first kappa shape index (κ1) is 13.1. The molecule has 1 atom stereocenters. The van der Waals surface area contributed by atoms with Crippen molar-refractivity contribution in [1.29, 1.82) is 0 Å². The molecule has 0 aliphatic heterocycles. The molecule has 1 aromatic carbocycles. The van der Waals surface area contributed by atoms with E-state index in [-0.39, 0.29) is 4.83 Å². The Labute approximate surface area is 120 Å². The van der Waals surface area contributed by atoms with E-state index >= 15 is 0 Å². The maximum absolute atomic E-state index is 6.11. The van der Waals surface area contributed by atoms with Gasteiger partial charge in [0, 0.05) is 14.8 Å². The van der Waals surface area contributed by atoms with Crippen LogP contribution in [-0.4, -0.2) is 0 Å². The summed E-state index contributed by atoms with van der Waals surface area (Å²) in [5.41, 5.74) is 3.76. The average molecular weight is 330 g/mol. The quantitative estimate of drug-likeness (QED) is 0.610. The second kappa shape index (κ2) is 5.13. The normalized spacial score (nSPS) is 12.8. The van der Waals surface area contributed by atoms with Crippen LogP contribution in [0.4, 0.5) is 0 Å². The third kappa shape index (κ3) is 2.93. The minimum atomic E-state index is 0.227. The maximum Gasteiger partial charge on any atom is 0.0656 e. The number of thiophene rings is 1. The second-order valence-electron chi connectivity index (χ2n) is 4.29. The number of benzene rings is 1. The van der Waals surface area contributed by atoms with Crippen LogP contribution in [0, 0.1) is 20.8 Å². The topological polar surface area (TPSA) is 0 Å². The molecule has 17 heavy (non-hydrogen) atoms. The van der Waals surface area contributed by atoms with Gasteiger partial charge in [-0.3, -0.25) is 0 Å². The van der Waals surface area contributed by atoms with Crippen molar-refractivity contribution in [2.45, 2.75) is 25.6 Å². The molecule has 90 valence electrons. The van der Waals surface area contributed by atoms with E-state index in [0.717, 1.165) is 5.02 Å². The summed E-state index contributed by atoms with van der Waals surface area (Å²) in [6.45, 7) is 6.38. The van der Waals surface area contributed by atoms with Crippen LogP contribution in [0.15, 0.2) is 24.3 Å². The van der Waals surface area contributed by atoms with E-state index in [1.54, 1.807) is 0 Å². The lowest BCUT2D eigenvalue weighted by atomic mass is 10.0. The molecule has 0 nitrogen and oxygen atoms in total. The van der Waals surface area contributed by atoms with Gasteiger partial charge in [0.05, 0.1) is 4.83 Å². The lowest BCUT2D eigenvalue weighted by molar-refractivity contribution is 1.16. The maximum atomic E-state index is 6.11. The van der Waals surface area contributed by atoms with E-state index in [1.807, 2.05) is 23.5 Å². The van der Waals surface area contributed by atoms with E-state index in [0.29, 0.717) is 0 Å². The van der Waals surface area contributed by atoms with E-state index in [1.165, 1.54) is 26.4 Å². The Morgan fingerprint density at radius 1 is 1.12 bits per heavy atom. The molecule has 0 aliphatic carbocycles. The molecule has 0 aliphatic rings. The van der Waals surface area contributed by atoms with Crippen molar-refractivity contribution in [1.82, 2.24) is 0 Å². The van der Waals surface area contributed by atoms with Gasteiger partial charge in [-0.15, -0.1) is 11.3 Å². The van der Waals surface area contributed by atoms with E-state index in [2.05, 4.69) is 48.8 Å². The predicted molar refractivity (Wildman–Crippen MR) is 80.8 cm³/mol. The predicted octanol–water partition coefficient (Wildman–Crippen LogP) is 5.81. The number of hydrogen-bond donors (Lipinski definition) is 0. The highest BCUT2D eigenvalue weighted by atomic mass is 79.9. The van der Waals surface area contributed by atoms with Crippen LogP contribution in [0.2, 0.25) is 5.02 Å². The highest BCUT2D eigenvalue weighted by Gasteiger charge is 2.15. The Morgan fingerprint density at radius 2 is 1.82 bits per heavy atom. The van der Waals surface area contributed by atoms with Gasteiger partial charge in [0.25, 0.3) is 0 Å². The number of hydrogen-bond acceptors (Lipinski definition) is 1. The molecule has 0 fully saturated rings. The first-order chi connectivity index (χ1) is 7.97. The van der Waals surface area contributed by atoms with Crippen molar-refractivity contribution in [3.63, 3.8) is 0 Å². The van der Waals surface area contributed by atoms with Crippen LogP contribution in [0.1, 0.15) is 31.3 Å². The van der Waals surface area contributed by atoms with Crippen LogP contribution < -0.4 is 0 Å². The molecule has 0 spiro atoms. The standard InChI is InChI=1S/C14H14BrClS/c1-8-4-11(7-12(16)5-8)14(15)13-6-9(2)17-10(13)3/h4-7,14H,1-3H3. The molecular weight excluding hydrogens is 316 g/mol. The minimum Gasteiger partial charge on any atom is -0.146 e. The first-order valence-corrected chi connectivity index (χ1v) is 7.56. The molecular formula is C14H14BrClS. The summed E-state index contributed by atoms with van der Waals surface area (Å²) in [6, 6.07) is 8.43. The summed E-state index contributed by atoms with van der Waals surface area (Å²) in [6.07, 6.45) is 0. The van der Waals surface area contributed by atoms with Crippen LogP contribution in [0.25, 0.3) is 0 Å². The fraction of sp³-hybridized carbons (Fsp3) is 0.286. The molecule has 0 saturated heterocycles. The molecule has 3 heteroatoms. The van der Waals surface area contributed by atoms with Gasteiger partial charge in [-0.2, -0.15) is 0 Å². The van der Waals surface area contributed by atoms with Gasteiger partial charge in [0.15, 0.2) is 0 Å². The van der Waals surface area contributed by atoms with E-state index in [9.17, 15) is 0 Å². The summed E-state index contributed by atoms with van der Waals surface area (Å²) < 4.78 is 0. The fourth-order valence-electron chi connectivity index (χ4n) is 1.99. The lowest BCUT2D eigenvalue weighted by Gasteiger charge is -2.11. The van der Waals surface area contributed by atoms with Gasteiger partial charge in [-0.1, -0.05) is 33.6 Å². The molecule has 0 bridgehead atoms. The Kier molecular flexibility index (Phi) is 3.96. The largest absolute Gasteiger partial charge is 0.146 e. The van der Waals surface area contributed by atoms with Crippen LogP contribution >= 0.6 is 38.9 Å². The third-order valence-electron chi connectivity index (χ3n) is 2.71. The lowest BCUT2D eigenvalue weighted by Crippen LogP contribution is -1.93. The zero-order chi connectivity index (χ0) is 12.6. The molecule has 2 aromatic rings. The van der Waals surface area contributed by atoms with Gasteiger partial charge in [0.1, 0.15) is 0 Å². The Hall–Kier alpha value is -0.310. The smallest absolute Gasteiger partial charge is 0.0656 e. The minimum absolute atomic E-state index is 0.227. The summed E-state index contributed by atoms with van der Waals surface area (Å²) in [4.78, 5) is 2.94. The molecule has 1 aromatic heterocycles. The molecule has 0 saturated carbocycles. The number of alkyl halides is 1. The molecule has 0 N–H and O–H groups in total. The van der Waals surface area contributed by atoms with Crippen molar-refractivity contribution in [3.8, 4) is 0 Å². The average Bonchev–Trinajstić information content (AvgIpc) is 2.55. The van der Waals surface area contributed by atoms with Crippen molar-refractivity contribution < 1.29 is 0 Å². The first-order valence-electron chi connectivity index (χ1n) is 5.45. The highest BCUT2D eigenvalue weighted by molar-refractivity contribution is 9.09. The summed E-state index contributed by atoms with van der Waals surface area (Å²) >= 11 is 11.7. The van der Waals surface area contributed by atoms with E-state index in [4.69, 9.17) is 11.6 Å². The van der Waals surface area contributed by atoms with Crippen molar-refractivity contribution in [3.05, 3.63) is 55.7 Å². The highest BCUT2D eigenvalue weighted by Crippen LogP contribution is 2.37. The summed E-state index contributed by atoms with van der Waals surface area (Å²) in [5, 5.41) is 0.800. The second-order valence-corrected chi connectivity index (χ2v) is 7.11. The third-order valence-corrected chi connectivity index (χ3v) is 4.93. The molecule has 0 radical (unpaired) electrons. The number of halogens is 2. The van der Waals surface area contributed by atoms with Gasteiger partial charge >= 0.3 is 0 Å². The van der Waals surface area contributed by atoms with E-state index < -0.39 is 0 Å². The zero-order valence-electron chi connectivity index (χ0n) is 10.1. The van der Waals surface area contributed by atoms with Crippen molar-refractivity contribution >= 4 is 38.9 Å². The molecule has 0 amide bonds. The molecule has 1 heterocycles. The zero-order valence-corrected chi connectivity index (χ0v) is 13.2. The molecule has 2 rings (SSSR count). The SMILES string of the molecule is Cc1cc(Cl)cc(C(Br)c2cc(C)sc2C)c1.